The number of carbonyl (C=O) groups is 2. The number of rotatable bonds is 7. The van der Waals surface area contributed by atoms with Gasteiger partial charge in [-0.05, 0) is 37.1 Å². The second-order valence-electron chi connectivity index (χ2n) is 6.07. The van der Waals surface area contributed by atoms with Crippen LogP contribution in [0.1, 0.15) is 26.2 Å². The molecule has 1 unspecified atom stereocenters. The topological polar surface area (TPSA) is 105 Å². The molecular formula is C17H24ClN3O5S. The molecule has 2 N–H and O–H groups in total. The average molecular weight is 418 g/mol. The Balaban J connectivity index is 2.01. The van der Waals surface area contributed by atoms with E-state index in [1.807, 2.05) is 6.92 Å². The van der Waals surface area contributed by atoms with Crippen LogP contribution in [0.2, 0.25) is 5.02 Å². The molecule has 1 saturated heterocycles. The van der Waals surface area contributed by atoms with Gasteiger partial charge in [0.15, 0.2) is 0 Å². The van der Waals surface area contributed by atoms with Crippen LogP contribution in [0, 0.1) is 0 Å². The summed E-state index contributed by atoms with van der Waals surface area (Å²) in [6, 6.07) is 5.83. The zero-order valence-corrected chi connectivity index (χ0v) is 16.7. The second-order valence-corrected chi connectivity index (χ2v) is 8.40. The fourth-order valence-electron chi connectivity index (χ4n) is 2.56. The van der Waals surface area contributed by atoms with E-state index in [0.717, 1.165) is 12.8 Å². The van der Waals surface area contributed by atoms with Crippen LogP contribution >= 0.6 is 11.6 Å². The van der Waals surface area contributed by atoms with E-state index in [-0.39, 0.29) is 18.0 Å². The van der Waals surface area contributed by atoms with Gasteiger partial charge in [0.25, 0.3) is 0 Å². The lowest BCUT2D eigenvalue weighted by Gasteiger charge is -2.34. The molecule has 0 saturated carbocycles. The van der Waals surface area contributed by atoms with Crippen molar-refractivity contribution in [3.8, 4) is 0 Å². The Morgan fingerprint density at radius 2 is 1.89 bits per heavy atom. The minimum absolute atomic E-state index is 0.0889. The molecule has 8 nitrogen and oxygen atoms in total. The van der Waals surface area contributed by atoms with Gasteiger partial charge in [0.1, 0.15) is 6.23 Å². The molecule has 2 amide bonds. The Kier molecular flexibility index (Phi) is 8.03. The number of hydrogen-bond acceptors (Lipinski definition) is 5. The number of carbonyl (C=O) groups excluding carboxylic acids is 2. The van der Waals surface area contributed by atoms with Crippen LogP contribution in [0.5, 0.6) is 0 Å². The summed E-state index contributed by atoms with van der Waals surface area (Å²) in [5, 5.41) is 5.38. The molecule has 0 aromatic heterocycles. The lowest BCUT2D eigenvalue weighted by atomic mass is 10.3. The van der Waals surface area contributed by atoms with Crippen molar-refractivity contribution in [1.82, 2.24) is 14.9 Å². The SMILES string of the molecule is CCCCNC(=O)C(=O)NCC1OCCCN1S(=O)(=O)c1ccc(Cl)cc1. The third-order valence-corrected chi connectivity index (χ3v) is 6.19. The second kappa shape index (κ2) is 10.0. The number of ether oxygens (including phenoxy) is 1. The van der Waals surface area contributed by atoms with Crippen molar-refractivity contribution in [2.24, 2.45) is 0 Å². The van der Waals surface area contributed by atoms with E-state index in [0.29, 0.717) is 24.6 Å². The van der Waals surface area contributed by atoms with Gasteiger partial charge in [0.05, 0.1) is 18.0 Å². The molecule has 1 fully saturated rings. The highest BCUT2D eigenvalue weighted by molar-refractivity contribution is 7.89. The summed E-state index contributed by atoms with van der Waals surface area (Å²) in [6.07, 6.45) is 1.33. The van der Waals surface area contributed by atoms with Crippen LogP contribution in [-0.4, -0.2) is 57.0 Å². The van der Waals surface area contributed by atoms with Crippen molar-refractivity contribution >= 4 is 33.4 Å². The smallest absolute Gasteiger partial charge is 0.309 e. The maximum absolute atomic E-state index is 12.9. The van der Waals surface area contributed by atoms with Gasteiger partial charge in [-0.25, -0.2) is 8.42 Å². The maximum Gasteiger partial charge on any atom is 0.309 e. The number of unbranched alkanes of at least 4 members (excludes halogenated alkanes) is 1. The maximum atomic E-state index is 12.9. The van der Waals surface area contributed by atoms with E-state index in [1.165, 1.54) is 28.6 Å². The summed E-state index contributed by atoms with van der Waals surface area (Å²) in [5.41, 5.74) is 0. The van der Waals surface area contributed by atoms with Crippen LogP contribution < -0.4 is 10.6 Å². The Morgan fingerprint density at radius 1 is 1.22 bits per heavy atom. The predicted molar refractivity (Wildman–Crippen MR) is 101 cm³/mol. The van der Waals surface area contributed by atoms with E-state index in [2.05, 4.69) is 10.6 Å². The highest BCUT2D eigenvalue weighted by atomic mass is 35.5. The van der Waals surface area contributed by atoms with Crippen LogP contribution in [0.3, 0.4) is 0 Å². The molecule has 150 valence electrons. The van der Waals surface area contributed by atoms with E-state index in [4.69, 9.17) is 16.3 Å². The highest BCUT2D eigenvalue weighted by Gasteiger charge is 2.34. The van der Waals surface area contributed by atoms with Gasteiger partial charge in [-0.2, -0.15) is 4.31 Å². The van der Waals surface area contributed by atoms with Crippen LogP contribution in [-0.2, 0) is 24.3 Å². The molecule has 0 radical (unpaired) electrons. The van der Waals surface area contributed by atoms with E-state index < -0.39 is 28.1 Å². The van der Waals surface area contributed by atoms with Gasteiger partial charge < -0.3 is 15.4 Å². The monoisotopic (exact) mass is 417 g/mol. The Morgan fingerprint density at radius 3 is 2.56 bits per heavy atom. The number of hydrogen-bond donors (Lipinski definition) is 2. The van der Waals surface area contributed by atoms with E-state index in [9.17, 15) is 18.0 Å². The van der Waals surface area contributed by atoms with Crippen molar-refractivity contribution in [3.63, 3.8) is 0 Å². The third kappa shape index (κ3) is 5.90. The lowest BCUT2D eigenvalue weighted by molar-refractivity contribution is -0.140. The first kappa shape index (κ1) is 21.6. The minimum Gasteiger partial charge on any atom is -0.360 e. The van der Waals surface area contributed by atoms with Crippen molar-refractivity contribution < 1.29 is 22.7 Å². The summed E-state index contributed by atoms with van der Waals surface area (Å²) in [7, 11) is -3.82. The summed E-state index contributed by atoms with van der Waals surface area (Å²) in [4.78, 5) is 23.7. The fourth-order valence-corrected chi connectivity index (χ4v) is 4.26. The third-order valence-electron chi connectivity index (χ3n) is 4.03. The number of benzene rings is 1. The van der Waals surface area contributed by atoms with Crippen molar-refractivity contribution in [2.45, 2.75) is 37.3 Å². The summed E-state index contributed by atoms with van der Waals surface area (Å²) < 4.78 is 32.5. The minimum atomic E-state index is -3.82. The molecule has 1 aromatic carbocycles. The average Bonchev–Trinajstić information content (AvgIpc) is 2.66. The van der Waals surface area contributed by atoms with Gasteiger partial charge in [0, 0.05) is 18.1 Å². The van der Waals surface area contributed by atoms with Crippen molar-refractivity contribution in [1.29, 1.82) is 0 Å². The van der Waals surface area contributed by atoms with Crippen molar-refractivity contribution in [2.75, 3.05) is 26.2 Å². The molecule has 0 bridgehead atoms. The molecule has 1 heterocycles. The van der Waals surface area contributed by atoms with E-state index in [1.54, 1.807) is 0 Å². The first-order valence-electron chi connectivity index (χ1n) is 8.81. The normalized spacial score (nSPS) is 18.1. The molecule has 10 heteroatoms. The number of sulfonamides is 1. The van der Waals surface area contributed by atoms with Gasteiger partial charge >= 0.3 is 11.8 Å². The van der Waals surface area contributed by atoms with Crippen molar-refractivity contribution in [3.05, 3.63) is 29.3 Å². The van der Waals surface area contributed by atoms with Crippen LogP contribution in [0.25, 0.3) is 0 Å². The van der Waals surface area contributed by atoms with Crippen LogP contribution in [0.4, 0.5) is 0 Å². The molecule has 1 aliphatic heterocycles. The Bertz CT molecular complexity index is 754. The summed E-state index contributed by atoms with van der Waals surface area (Å²) in [5.74, 6) is -1.56. The molecule has 0 spiro atoms. The van der Waals surface area contributed by atoms with Gasteiger partial charge in [-0.15, -0.1) is 0 Å². The molecular weight excluding hydrogens is 394 g/mol. The first-order valence-corrected chi connectivity index (χ1v) is 10.6. The number of nitrogens with one attached hydrogen (secondary N) is 2. The van der Waals surface area contributed by atoms with Crippen LogP contribution in [0.15, 0.2) is 29.2 Å². The van der Waals surface area contributed by atoms with Gasteiger partial charge in [0.2, 0.25) is 10.0 Å². The molecule has 1 aliphatic rings. The Hall–Kier alpha value is -1.68. The zero-order chi connectivity index (χ0) is 19.9. The Labute approximate surface area is 164 Å². The standard InChI is InChI=1S/C17H24ClN3O5S/c1-2-3-9-19-16(22)17(23)20-12-15-21(10-4-11-26-15)27(24,25)14-7-5-13(18)6-8-14/h5-8,15H,2-4,9-12H2,1H3,(H,19,22)(H,20,23). The summed E-state index contributed by atoms with van der Waals surface area (Å²) in [6.45, 7) is 2.90. The molecule has 0 aliphatic carbocycles. The number of nitrogens with zero attached hydrogens (tertiary/aromatic N) is 1. The van der Waals surface area contributed by atoms with Gasteiger partial charge in [-0.1, -0.05) is 24.9 Å². The highest BCUT2D eigenvalue weighted by Crippen LogP contribution is 2.23. The zero-order valence-electron chi connectivity index (χ0n) is 15.1. The predicted octanol–water partition coefficient (Wildman–Crippen LogP) is 1.11. The molecule has 27 heavy (non-hydrogen) atoms. The van der Waals surface area contributed by atoms with Gasteiger partial charge in [-0.3, -0.25) is 9.59 Å². The van der Waals surface area contributed by atoms with E-state index >= 15 is 0 Å². The largest absolute Gasteiger partial charge is 0.360 e. The quantitative estimate of drug-likeness (QED) is 0.510. The first-order chi connectivity index (χ1) is 12.9. The molecule has 1 atom stereocenters. The number of halogens is 1. The lowest BCUT2D eigenvalue weighted by Crippen LogP contribution is -2.53. The summed E-state index contributed by atoms with van der Waals surface area (Å²) >= 11 is 5.82. The number of amides is 2. The molecule has 2 rings (SSSR count). The molecule has 1 aromatic rings. The fraction of sp³-hybridized carbons (Fsp3) is 0.529.